The molecule has 0 saturated carbocycles. The summed E-state index contributed by atoms with van der Waals surface area (Å²) in [6.07, 6.45) is 3.13. The molecule has 0 spiro atoms. The van der Waals surface area contributed by atoms with Crippen LogP contribution >= 0.6 is 11.8 Å². The van der Waals surface area contributed by atoms with Crippen LogP contribution in [0.5, 0.6) is 0 Å². The Morgan fingerprint density at radius 2 is 1.94 bits per heavy atom. The molecular formula is C21H16N8O3S. The second-order valence-electron chi connectivity index (χ2n) is 6.53. The summed E-state index contributed by atoms with van der Waals surface area (Å²) in [4.78, 5) is 34.2. The molecule has 0 unspecified atom stereocenters. The monoisotopic (exact) mass is 460 g/mol. The van der Waals surface area contributed by atoms with Gasteiger partial charge in [-0.05, 0) is 36.4 Å². The maximum absolute atomic E-state index is 12.3. The van der Waals surface area contributed by atoms with E-state index in [9.17, 15) is 14.9 Å². The van der Waals surface area contributed by atoms with Crippen molar-refractivity contribution in [2.24, 2.45) is 15.3 Å². The highest BCUT2D eigenvalue weighted by Crippen LogP contribution is 2.20. The van der Waals surface area contributed by atoms with Crippen LogP contribution in [-0.2, 0) is 4.79 Å². The average Bonchev–Trinajstić information content (AvgIpc) is 3.27. The molecule has 12 heteroatoms. The van der Waals surface area contributed by atoms with Crippen molar-refractivity contribution in [2.45, 2.75) is 5.16 Å². The smallest absolute Gasteiger partial charge is 0.269 e. The molecule has 2 N–H and O–H groups in total. The molecule has 2 aromatic carbocycles. The van der Waals surface area contributed by atoms with E-state index in [1.165, 1.54) is 42.2 Å². The van der Waals surface area contributed by atoms with Gasteiger partial charge in [0, 0.05) is 30.1 Å². The van der Waals surface area contributed by atoms with Gasteiger partial charge in [0.25, 0.3) is 11.6 Å². The minimum absolute atomic E-state index is 0.0516. The number of aromatic nitrogens is 3. The number of H-pyrrole nitrogens is 1. The molecule has 4 rings (SSSR count). The van der Waals surface area contributed by atoms with Gasteiger partial charge in [0.05, 0.1) is 27.4 Å². The number of para-hydroxylation sites is 2. The number of fused-ring (bicyclic) bond motifs is 1. The number of nitro groups is 1. The zero-order valence-electron chi connectivity index (χ0n) is 17.0. The summed E-state index contributed by atoms with van der Waals surface area (Å²) in [6, 6.07) is 16.6. The third-order valence-corrected chi connectivity index (χ3v) is 5.11. The maximum atomic E-state index is 12.3. The lowest BCUT2D eigenvalue weighted by Crippen LogP contribution is -2.21. The lowest BCUT2D eigenvalue weighted by atomic mass is 10.3. The number of carbonyl (C=O) groups is 1. The van der Waals surface area contributed by atoms with E-state index < -0.39 is 4.92 Å². The SMILES string of the molecule is O=C(CSc1nc2ccccc2[nH]1)N/N=C(/N=Nc1ccc([N+](=O)[O-])cc1)c1cccnc1. The number of non-ortho nitro benzene ring substituents is 1. The Morgan fingerprint density at radius 3 is 2.67 bits per heavy atom. The van der Waals surface area contributed by atoms with E-state index in [2.05, 4.69) is 35.7 Å². The highest BCUT2D eigenvalue weighted by atomic mass is 32.2. The van der Waals surface area contributed by atoms with Crippen molar-refractivity contribution in [2.75, 3.05) is 5.75 Å². The first kappa shape index (κ1) is 21.8. The average molecular weight is 460 g/mol. The Balaban J connectivity index is 1.44. The van der Waals surface area contributed by atoms with Crippen LogP contribution in [0.1, 0.15) is 5.56 Å². The van der Waals surface area contributed by atoms with E-state index in [-0.39, 0.29) is 23.2 Å². The first-order chi connectivity index (χ1) is 16.1. The standard InChI is InChI=1S/C21H16N8O3S/c30-19(13-33-21-23-17-5-1-2-6-18(17)24-21)26-28-20(14-4-3-11-22-12-14)27-25-15-7-9-16(10-8-15)29(31)32/h1-12H,13H2,(H,23,24)(H,26,30)/b27-25?,28-20+. The molecule has 1 amide bonds. The van der Waals surface area contributed by atoms with Gasteiger partial charge < -0.3 is 4.98 Å². The lowest BCUT2D eigenvalue weighted by Gasteiger charge is -2.02. The molecule has 2 aromatic heterocycles. The highest BCUT2D eigenvalue weighted by molar-refractivity contribution is 7.99. The molecule has 0 bridgehead atoms. The third-order valence-electron chi connectivity index (χ3n) is 4.23. The number of thioether (sulfide) groups is 1. The largest absolute Gasteiger partial charge is 0.333 e. The van der Waals surface area contributed by atoms with E-state index >= 15 is 0 Å². The van der Waals surface area contributed by atoms with Crippen LogP contribution in [-0.4, -0.2) is 37.4 Å². The molecule has 0 aliphatic rings. The van der Waals surface area contributed by atoms with Gasteiger partial charge in [0.2, 0.25) is 5.84 Å². The number of hydrogen-bond acceptors (Lipinski definition) is 8. The Bertz CT molecular complexity index is 1300. The van der Waals surface area contributed by atoms with Crippen molar-refractivity contribution in [1.29, 1.82) is 0 Å². The molecular weight excluding hydrogens is 444 g/mol. The van der Waals surface area contributed by atoms with Crippen LogP contribution < -0.4 is 5.43 Å². The molecule has 33 heavy (non-hydrogen) atoms. The minimum Gasteiger partial charge on any atom is -0.333 e. The fraction of sp³-hybridized carbons (Fsp3) is 0.0476. The van der Waals surface area contributed by atoms with E-state index in [0.29, 0.717) is 16.4 Å². The summed E-state index contributed by atoms with van der Waals surface area (Å²) in [5.41, 5.74) is 5.05. The molecule has 164 valence electrons. The summed E-state index contributed by atoms with van der Waals surface area (Å²) in [5, 5.41) is 23.6. The molecule has 0 aliphatic carbocycles. The van der Waals surface area contributed by atoms with Crippen LogP contribution in [0, 0.1) is 10.1 Å². The van der Waals surface area contributed by atoms with Crippen LogP contribution in [0.15, 0.2) is 93.5 Å². The van der Waals surface area contributed by atoms with Gasteiger partial charge in [0.1, 0.15) is 0 Å². The molecule has 0 fully saturated rings. The zero-order valence-corrected chi connectivity index (χ0v) is 17.8. The van der Waals surface area contributed by atoms with E-state index in [1.807, 2.05) is 24.3 Å². The molecule has 11 nitrogen and oxygen atoms in total. The normalized spacial score (nSPS) is 11.7. The Labute approximate surface area is 191 Å². The van der Waals surface area contributed by atoms with Crippen LogP contribution in [0.4, 0.5) is 11.4 Å². The van der Waals surface area contributed by atoms with Gasteiger partial charge in [-0.25, -0.2) is 10.4 Å². The Hall–Kier alpha value is -4.45. The third kappa shape index (κ3) is 5.83. The number of nitrogens with one attached hydrogen (secondary N) is 2. The summed E-state index contributed by atoms with van der Waals surface area (Å²) in [6.45, 7) is 0. The number of nitrogens with zero attached hydrogens (tertiary/aromatic N) is 6. The van der Waals surface area contributed by atoms with E-state index in [4.69, 9.17) is 0 Å². The lowest BCUT2D eigenvalue weighted by molar-refractivity contribution is -0.384. The number of hydrogen-bond donors (Lipinski definition) is 2. The Kier molecular flexibility index (Phi) is 6.75. The van der Waals surface area contributed by atoms with Crippen molar-refractivity contribution in [1.82, 2.24) is 20.4 Å². The first-order valence-corrected chi connectivity index (χ1v) is 10.6. The van der Waals surface area contributed by atoms with Gasteiger partial charge in [0.15, 0.2) is 5.16 Å². The molecule has 0 atom stereocenters. The molecule has 0 radical (unpaired) electrons. The van der Waals surface area contributed by atoms with Crippen molar-refractivity contribution in [3.63, 3.8) is 0 Å². The van der Waals surface area contributed by atoms with Crippen LogP contribution in [0.3, 0.4) is 0 Å². The fourth-order valence-electron chi connectivity index (χ4n) is 2.67. The summed E-state index contributed by atoms with van der Waals surface area (Å²) < 4.78 is 0. The summed E-state index contributed by atoms with van der Waals surface area (Å²) in [5.74, 6) is -0.140. The van der Waals surface area contributed by atoms with Gasteiger partial charge in [-0.15, -0.1) is 10.2 Å². The van der Waals surface area contributed by atoms with Crippen LogP contribution in [0.25, 0.3) is 11.0 Å². The quantitative estimate of drug-likeness (QED) is 0.105. The number of azo groups is 1. The number of hydrazone groups is 1. The number of nitro benzene ring substituents is 1. The van der Waals surface area contributed by atoms with Gasteiger partial charge in [-0.2, -0.15) is 5.10 Å². The van der Waals surface area contributed by atoms with Crippen molar-refractivity contribution < 1.29 is 9.72 Å². The van der Waals surface area contributed by atoms with E-state index in [0.717, 1.165) is 11.0 Å². The van der Waals surface area contributed by atoms with Crippen LogP contribution in [0.2, 0.25) is 0 Å². The predicted octanol–water partition coefficient (Wildman–Crippen LogP) is 4.22. The van der Waals surface area contributed by atoms with Crippen molar-refractivity contribution >= 4 is 45.9 Å². The number of imidazole rings is 1. The number of pyridine rings is 1. The summed E-state index contributed by atoms with van der Waals surface area (Å²) in [7, 11) is 0. The zero-order chi connectivity index (χ0) is 23.0. The minimum atomic E-state index is -0.498. The van der Waals surface area contributed by atoms with Crippen molar-refractivity contribution in [3.8, 4) is 0 Å². The number of amidine groups is 1. The van der Waals surface area contributed by atoms with Gasteiger partial charge in [-0.3, -0.25) is 19.9 Å². The number of aromatic amines is 1. The topological polar surface area (TPSA) is 151 Å². The number of benzene rings is 2. The van der Waals surface area contributed by atoms with Gasteiger partial charge in [-0.1, -0.05) is 23.9 Å². The molecule has 0 aliphatic heterocycles. The van der Waals surface area contributed by atoms with Gasteiger partial charge >= 0.3 is 0 Å². The fourth-order valence-corrected chi connectivity index (χ4v) is 3.34. The number of carbonyl (C=O) groups excluding carboxylic acids is 1. The Morgan fingerprint density at radius 1 is 1.12 bits per heavy atom. The predicted molar refractivity (Wildman–Crippen MR) is 123 cm³/mol. The number of rotatable bonds is 7. The maximum Gasteiger partial charge on any atom is 0.269 e. The van der Waals surface area contributed by atoms with E-state index in [1.54, 1.807) is 18.3 Å². The second-order valence-corrected chi connectivity index (χ2v) is 7.50. The highest BCUT2D eigenvalue weighted by Gasteiger charge is 2.09. The molecule has 0 saturated heterocycles. The number of amides is 1. The molecule has 2 heterocycles. The second kappa shape index (κ2) is 10.2. The summed E-state index contributed by atoms with van der Waals surface area (Å²) >= 11 is 1.25. The molecule has 4 aromatic rings. The van der Waals surface area contributed by atoms with Crippen molar-refractivity contribution in [3.05, 3.63) is 88.7 Å². The first-order valence-electron chi connectivity index (χ1n) is 9.59.